The van der Waals surface area contributed by atoms with Gasteiger partial charge in [-0.05, 0) is 51.3 Å². The van der Waals surface area contributed by atoms with Crippen molar-refractivity contribution in [2.24, 2.45) is 0 Å². The van der Waals surface area contributed by atoms with Crippen LogP contribution in [0.4, 0.5) is 19.0 Å². The van der Waals surface area contributed by atoms with E-state index in [9.17, 15) is 18.0 Å². The van der Waals surface area contributed by atoms with Crippen LogP contribution in [-0.4, -0.2) is 27.7 Å². The maximum Gasteiger partial charge on any atom is 0.416 e. The molecule has 32 heavy (non-hydrogen) atoms. The number of aryl methyl sites for hydroxylation is 1. The molecule has 1 fully saturated rings. The summed E-state index contributed by atoms with van der Waals surface area (Å²) < 4.78 is 46.7. The smallest absolute Gasteiger partial charge is 0.379 e. The minimum Gasteiger partial charge on any atom is -0.379 e. The average Bonchev–Trinajstić information content (AvgIpc) is 2.73. The zero-order valence-corrected chi connectivity index (χ0v) is 18.2. The van der Waals surface area contributed by atoms with E-state index in [1.807, 2.05) is 6.92 Å². The Kier molecular flexibility index (Phi) is 5.70. The number of alkyl halides is 3. The number of halogens is 3. The summed E-state index contributed by atoms with van der Waals surface area (Å²) in [4.78, 5) is 21.7. The molecule has 1 aromatic carbocycles. The standard InChI is InChI=1S/C23H25F3N4O2/c1-14(16-6-4-7-17(10-16)23(24,25)26)27-21-18-12-30(22(3)8-5-9-32-13-22)20(31)11-19(18)28-15(2)29-21/h4,6-7,10-12,14H,5,8-9,13H2,1-3H3,(H,27,28,29)/t14-,22?/m0/s1. The van der Waals surface area contributed by atoms with Crippen molar-refractivity contribution < 1.29 is 17.9 Å². The molecule has 9 heteroatoms. The van der Waals surface area contributed by atoms with Gasteiger partial charge in [0.25, 0.3) is 5.56 Å². The minimum absolute atomic E-state index is 0.180. The molecule has 3 aromatic rings. The number of anilines is 1. The lowest BCUT2D eigenvalue weighted by Gasteiger charge is -2.35. The Hall–Kier alpha value is -2.94. The molecule has 0 radical (unpaired) electrons. The van der Waals surface area contributed by atoms with Gasteiger partial charge in [0.05, 0.1) is 28.6 Å². The number of fused-ring (bicyclic) bond motifs is 1. The molecule has 170 valence electrons. The molecular formula is C23H25F3N4O2. The molecule has 3 heterocycles. The van der Waals surface area contributed by atoms with E-state index in [2.05, 4.69) is 15.3 Å². The normalized spacial score (nSPS) is 20.3. The molecule has 1 unspecified atom stereocenters. The zero-order chi connectivity index (χ0) is 23.1. The molecule has 6 nitrogen and oxygen atoms in total. The van der Waals surface area contributed by atoms with E-state index in [1.54, 1.807) is 30.7 Å². The Morgan fingerprint density at radius 2 is 2.03 bits per heavy atom. The summed E-state index contributed by atoms with van der Waals surface area (Å²) in [5, 5.41) is 3.84. The van der Waals surface area contributed by atoms with Crippen LogP contribution in [0.5, 0.6) is 0 Å². The molecule has 1 saturated heterocycles. The fourth-order valence-corrected chi connectivity index (χ4v) is 4.13. The van der Waals surface area contributed by atoms with Crippen molar-refractivity contribution in [1.29, 1.82) is 0 Å². The topological polar surface area (TPSA) is 69.0 Å². The van der Waals surface area contributed by atoms with E-state index in [1.165, 1.54) is 12.1 Å². The molecular weight excluding hydrogens is 421 g/mol. The number of aromatic nitrogens is 3. The largest absolute Gasteiger partial charge is 0.416 e. The van der Waals surface area contributed by atoms with Gasteiger partial charge in [-0.3, -0.25) is 4.79 Å². The number of hydrogen-bond donors (Lipinski definition) is 1. The lowest BCUT2D eigenvalue weighted by Crippen LogP contribution is -2.44. The highest BCUT2D eigenvalue weighted by Crippen LogP contribution is 2.32. The Labute approximate surface area is 183 Å². The third kappa shape index (κ3) is 4.34. The van der Waals surface area contributed by atoms with E-state index >= 15 is 0 Å². The summed E-state index contributed by atoms with van der Waals surface area (Å²) in [5.74, 6) is 0.923. The van der Waals surface area contributed by atoms with Gasteiger partial charge in [0.1, 0.15) is 11.6 Å². The van der Waals surface area contributed by atoms with Gasteiger partial charge in [-0.2, -0.15) is 13.2 Å². The monoisotopic (exact) mass is 446 g/mol. The third-order valence-corrected chi connectivity index (χ3v) is 5.91. The van der Waals surface area contributed by atoms with Crippen molar-refractivity contribution in [3.05, 3.63) is 63.8 Å². The summed E-state index contributed by atoms with van der Waals surface area (Å²) in [6, 6.07) is 6.23. The molecule has 2 atom stereocenters. The maximum atomic E-state index is 13.1. The number of nitrogens with zero attached hydrogens (tertiary/aromatic N) is 3. The number of hydrogen-bond acceptors (Lipinski definition) is 5. The molecule has 1 aliphatic rings. The fourth-order valence-electron chi connectivity index (χ4n) is 4.13. The number of rotatable bonds is 4. The van der Waals surface area contributed by atoms with Crippen molar-refractivity contribution in [1.82, 2.24) is 14.5 Å². The molecule has 0 saturated carbocycles. The van der Waals surface area contributed by atoms with Crippen LogP contribution in [0.25, 0.3) is 10.9 Å². The summed E-state index contributed by atoms with van der Waals surface area (Å²) in [6.45, 7) is 6.55. The van der Waals surface area contributed by atoms with Gasteiger partial charge in [0, 0.05) is 24.9 Å². The summed E-state index contributed by atoms with van der Waals surface area (Å²) in [6.07, 6.45) is -1.04. The van der Waals surface area contributed by atoms with Crippen molar-refractivity contribution in [2.75, 3.05) is 18.5 Å². The van der Waals surface area contributed by atoms with Crippen LogP contribution < -0.4 is 10.9 Å². The van der Waals surface area contributed by atoms with Crippen LogP contribution in [0.3, 0.4) is 0 Å². The van der Waals surface area contributed by atoms with Crippen molar-refractivity contribution in [3.8, 4) is 0 Å². The first-order chi connectivity index (χ1) is 15.1. The second-order valence-corrected chi connectivity index (χ2v) is 8.54. The van der Waals surface area contributed by atoms with Crippen molar-refractivity contribution >= 4 is 16.7 Å². The highest BCUT2D eigenvalue weighted by Gasteiger charge is 2.32. The lowest BCUT2D eigenvalue weighted by molar-refractivity contribution is -0.137. The summed E-state index contributed by atoms with van der Waals surface area (Å²) in [5.41, 5.74) is -0.409. The summed E-state index contributed by atoms with van der Waals surface area (Å²) >= 11 is 0. The highest BCUT2D eigenvalue weighted by molar-refractivity contribution is 5.88. The average molecular weight is 446 g/mol. The predicted molar refractivity (Wildman–Crippen MR) is 116 cm³/mol. The molecule has 0 spiro atoms. The first-order valence-corrected chi connectivity index (χ1v) is 10.5. The predicted octanol–water partition coefficient (Wildman–Crippen LogP) is 4.82. The van der Waals surface area contributed by atoms with Crippen LogP contribution >= 0.6 is 0 Å². The molecule has 4 rings (SSSR count). The van der Waals surface area contributed by atoms with Gasteiger partial charge in [0.2, 0.25) is 0 Å². The van der Waals surface area contributed by atoms with E-state index in [0.29, 0.717) is 41.3 Å². The molecule has 0 amide bonds. The number of pyridine rings is 1. The second kappa shape index (κ2) is 8.20. The Morgan fingerprint density at radius 1 is 1.25 bits per heavy atom. The highest BCUT2D eigenvalue weighted by atomic mass is 19.4. The van der Waals surface area contributed by atoms with Crippen LogP contribution in [0.2, 0.25) is 0 Å². The molecule has 1 aliphatic heterocycles. The van der Waals surface area contributed by atoms with Gasteiger partial charge in [0.15, 0.2) is 0 Å². The van der Waals surface area contributed by atoms with Crippen molar-refractivity contribution in [2.45, 2.75) is 51.4 Å². The van der Waals surface area contributed by atoms with Crippen molar-refractivity contribution in [3.63, 3.8) is 0 Å². The van der Waals surface area contributed by atoms with E-state index in [-0.39, 0.29) is 5.56 Å². The first-order valence-electron chi connectivity index (χ1n) is 10.5. The molecule has 2 aromatic heterocycles. The molecule has 0 bridgehead atoms. The number of benzene rings is 1. The van der Waals surface area contributed by atoms with E-state index in [0.717, 1.165) is 25.0 Å². The van der Waals surface area contributed by atoms with Crippen LogP contribution in [0, 0.1) is 6.92 Å². The van der Waals surface area contributed by atoms with E-state index < -0.39 is 23.3 Å². The van der Waals surface area contributed by atoms with Crippen LogP contribution in [0.15, 0.2) is 41.3 Å². The Bertz CT molecular complexity index is 1200. The Balaban J connectivity index is 1.75. The molecule has 1 N–H and O–H groups in total. The quantitative estimate of drug-likeness (QED) is 0.623. The number of nitrogens with one attached hydrogen (secondary N) is 1. The summed E-state index contributed by atoms with van der Waals surface area (Å²) in [7, 11) is 0. The van der Waals surface area contributed by atoms with Gasteiger partial charge in [-0.1, -0.05) is 12.1 Å². The van der Waals surface area contributed by atoms with E-state index in [4.69, 9.17) is 4.74 Å². The zero-order valence-electron chi connectivity index (χ0n) is 18.2. The minimum atomic E-state index is -4.42. The second-order valence-electron chi connectivity index (χ2n) is 8.54. The van der Waals surface area contributed by atoms with Crippen LogP contribution in [-0.2, 0) is 16.5 Å². The number of ether oxygens (including phenoxy) is 1. The maximum absolute atomic E-state index is 13.1. The third-order valence-electron chi connectivity index (χ3n) is 5.91. The van der Waals surface area contributed by atoms with Crippen LogP contribution in [0.1, 0.15) is 49.7 Å². The Morgan fingerprint density at radius 3 is 2.72 bits per heavy atom. The van der Waals surface area contributed by atoms with Gasteiger partial charge in [-0.15, -0.1) is 0 Å². The lowest BCUT2D eigenvalue weighted by atomic mass is 9.94. The SMILES string of the molecule is Cc1nc(N[C@@H](C)c2cccc(C(F)(F)F)c2)c2cn(C3(C)CCCOC3)c(=O)cc2n1. The van der Waals surface area contributed by atoms with Gasteiger partial charge < -0.3 is 14.6 Å². The van der Waals surface area contributed by atoms with Gasteiger partial charge >= 0.3 is 6.18 Å². The fraction of sp³-hybridized carbons (Fsp3) is 0.435. The van der Waals surface area contributed by atoms with Gasteiger partial charge in [-0.25, -0.2) is 9.97 Å². The first kappa shape index (κ1) is 22.3. The molecule has 0 aliphatic carbocycles.